The molecule has 11 heteroatoms. The summed E-state index contributed by atoms with van der Waals surface area (Å²) >= 11 is 0. The van der Waals surface area contributed by atoms with Gasteiger partial charge in [-0.25, -0.2) is 9.59 Å². The largest absolute Gasteiger partial charge is 0.444 e. The van der Waals surface area contributed by atoms with E-state index in [9.17, 15) is 9.59 Å². The van der Waals surface area contributed by atoms with Crippen LogP contribution in [0.1, 0.15) is 12.8 Å². The molecule has 0 aliphatic rings. The molecular formula is C22H40N6O5. The lowest BCUT2D eigenvalue weighted by molar-refractivity contribution is 0.0635. The Kier molecular flexibility index (Phi) is 20.4. The Morgan fingerprint density at radius 1 is 0.667 bits per heavy atom. The summed E-state index contributed by atoms with van der Waals surface area (Å²) in [5.41, 5.74) is 0. The van der Waals surface area contributed by atoms with E-state index < -0.39 is 0 Å². The van der Waals surface area contributed by atoms with Crippen LogP contribution < -0.4 is 21.3 Å². The Labute approximate surface area is 198 Å². The van der Waals surface area contributed by atoms with Gasteiger partial charge in [0.05, 0.1) is 26.3 Å². The molecule has 0 heterocycles. The van der Waals surface area contributed by atoms with Gasteiger partial charge in [0.2, 0.25) is 0 Å². The molecule has 0 unspecified atom stereocenters. The quantitative estimate of drug-likeness (QED) is 0.178. The van der Waals surface area contributed by atoms with Crippen LogP contribution >= 0.6 is 0 Å². The van der Waals surface area contributed by atoms with Gasteiger partial charge >= 0.3 is 12.1 Å². The molecule has 0 aliphatic carbocycles. The van der Waals surface area contributed by atoms with Crippen molar-refractivity contribution in [1.29, 1.82) is 0 Å². The number of carbonyl (C=O) groups is 2. The van der Waals surface area contributed by atoms with Crippen molar-refractivity contribution in [1.82, 2.24) is 31.1 Å². The number of nitrogens with one attached hydrogen (secondary N) is 4. The fourth-order valence-electron chi connectivity index (χ4n) is 2.15. The molecule has 0 bridgehead atoms. The van der Waals surface area contributed by atoms with E-state index in [2.05, 4.69) is 55.1 Å². The molecule has 0 rings (SSSR count). The van der Waals surface area contributed by atoms with Crippen LogP contribution in [0.4, 0.5) is 9.59 Å². The highest BCUT2D eigenvalue weighted by atomic mass is 16.5. The molecule has 0 aromatic heterocycles. The van der Waals surface area contributed by atoms with E-state index in [-0.39, 0.29) is 25.2 Å². The maximum atomic E-state index is 11.5. The van der Waals surface area contributed by atoms with Crippen molar-refractivity contribution in [2.24, 2.45) is 0 Å². The summed E-state index contributed by atoms with van der Waals surface area (Å²) in [5, 5.41) is 10.8. The molecule has 0 atom stereocenters. The maximum Gasteiger partial charge on any atom is 0.315 e. The molecule has 0 aromatic rings. The molecule has 33 heavy (non-hydrogen) atoms. The average Bonchev–Trinajstić information content (AvgIpc) is 2.76. The molecule has 188 valence electrons. The van der Waals surface area contributed by atoms with Crippen LogP contribution in [0.5, 0.6) is 0 Å². The number of hydrogen-bond donors (Lipinski definition) is 4. The highest BCUT2D eigenvalue weighted by Gasteiger charge is 1.98. The molecule has 4 amide bonds. The van der Waals surface area contributed by atoms with E-state index >= 15 is 0 Å². The van der Waals surface area contributed by atoms with Crippen molar-refractivity contribution < 1.29 is 23.8 Å². The number of rotatable bonds is 16. The van der Waals surface area contributed by atoms with Crippen LogP contribution in [0.15, 0.2) is 0 Å². The number of nitrogens with zero attached hydrogens (tertiary/aromatic N) is 2. The van der Waals surface area contributed by atoms with Crippen LogP contribution in [-0.2, 0) is 14.2 Å². The fourth-order valence-corrected chi connectivity index (χ4v) is 2.15. The summed E-state index contributed by atoms with van der Waals surface area (Å²) in [4.78, 5) is 27.1. The number of hydrogen-bond acceptors (Lipinski definition) is 7. The number of ether oxygens (including phenoxy) is 3. The zero-order chi connectivity index (χ0) is 24.6. The maximum absolute atomic E-state index is 11.5. The molecule has 11 nitrogen and oxygen atoms in total. The third kappa shape index (κ3) is 25.3. The van der Waals surface area contributed by atoms with Crippen molar-refractivity contribution in [2.75, 3.05) is 93.9 Å². The van der Waals surface area contributed by atoms with E-state index in [0.717, 1.165) is 25.9 Å². The molecule has 0 spiro atoms. The van der Waals surface area contributed by atoms with Gasteiger partial charge in [-0.05, 0) is 66.0 Å². The molecule has 0 aliphatic heterocycles. The molecular weight excluding hydrogens is 428 g/mol. The Bertz CT molecular complexity index is 583. The van der Waals surface area contributed by atoms with E-state index in [4.69, 9.17) is 14.2 Å². The van der Waals surface area contributed by atoms with Crippen LogP contribution in [0.3, 0.4) is 0 Å². The number of amides is 4. The minimum absolute atomic E-state index is 0.208. The van der Waals surface area contributed by atoms with E-state index in [1.807, 2.05) is 28.2 Å². The van der Waals surface area contributed by atoms with Crippen molar-refractivity contribution in [2.45, 2.75) is 12.8 Å². The second-order valence-electron chi connectivity index (χ2n) is 7.40. The first-order valence-electron chi connectivity index (χ1n) is 11.0. The van der Waals surface area contributed by atoms with Gasteiger partial charge in [-0.1, -0.05) is 0 Å². The minimum Gasteiger partial charge on any atom is -0.444 e. The summed E-state index contributed by atoms with van der Waals surface area (Å²) in [6.45, 7) is 4.83. The van der Waals surface area contributed by atoms with Gasteiger partial charge in [0.15, 0.2) is 0 Å². The van der Waals surface area contributed by atoms with Gasteiger partial charge in [0.1, 0.15) is 25.4 Å². The summed E-state index contributed by atoms with van der Waals surface area (Å²) in [6.07, 6.45) is 6.79. The second kappa shape index (κ2) is 22.3. The van der Waals surface area contributed by atoms with Gasteiger partial charge in [-0.15, -0.1) is 0 Å². The first-order valence-corrected chi connectivity index (χ1v) is 11.0. The summed E-state index contributed by atoms with van der Waals surface area (Å²) in [6, 6.07) is -0.492. The number of urea groups is 2. The Hall–Kier alpha value is -2.86. The summed E-state index contributed by atoms with van der Waals surface area (Å²) < 4.78 is 15.5. The van der Waals surface area contributed by atoms with Crippen molar-refractivity contribution in [3.8, 4) is 24.1 Å². The minimum atomic E-state index is -0.246. The molecule has 0 aromatic carbocycles. The van der Waals surface area contributed by atoms with Crippen molar-refractivity contribution in [3.05, 3.63) is 0 Å². The topological polar surface area (TPSA) is 116 Å². The van der Waals surface area contributed by atoms with Crippen LogP contribution in [-0.4, -0.2) is 116 Å². The number of carbonyl (C=O) groups excluding carboxylic acids is 2. The lowest BCUT2D eigenvalue weighted by Crippen LogP contribution is -2.36. The van der Waals surface area contributed by atoms with Crippen LogP contribution in [0.25, 0.3) is 0 Å². The normalized spacial score (nSPS) is 9.88. The monoisotopic (exact) mass is 468 g/mol. The molecule has 0 saturated carbocycles. The Morgan fingerprint density at radius 3 is 1.48 bits per heavy atom. The van der Waals surface area contributed by atoms with Crippen LogP contribution in [0.2, 0.25) is 0 Å². The highest BCUT2D eigenvalue weighted by molar-refractivity contribution is 5.74. The average molecular weight is 469 g/mol. The first kappa shape index (κ1) is 30.1. The van der Waals surface area contributed by atoms with E-state index in [1.165, 1.54) is 0 Å². The van der Waals surface area contributed by atoms with Gasteiger partial charge < -0.3 is 45.3 Å². The smallest absolute Gasteiger partial charge is 0.315 e. The molecule has 0 radical (unpaired) electrons. The van der Waals surface area contributed by atoms with Crippen molar-refractivity contribution in [3.63, 3.8) is 0 Å². The first-order chi connectivity index (χ1) is 15.9. The van der Waals surface area contributed by atoms with Crippen molar-refractivity contribution >= 4 is 12.1 Å². The third-order valence-electron chi connectivity index (χ3n) is 3.76. The zero-order valence-corrected chi connectivity index (χ0v) is 20.4. The molecule has 4 N–H and O–H groups in total. The summed E-state index contributed by atoms with van der Waals surface area (Å²) in [5.74, 6) is 5.39. The summed E-state index contributed by atoms with van der Waals surface area (Å²) in [7, 11) is 7.96. The van der Waals surface area contributed by atoms with Gasteiger partial charge in [0.25, 0.3) is 0 Å². The Morgan fingerprint density at radius 2 is 1.09 bits per heavy atom. The second-order valence-corrected chi connectivity index (χ2v) is 7.40. The third-order valence-corrected chi connectivity index (χ3v) is 3.76. The Balaban J connectivity index is 3.42. The highest BCUT2D eigenvalue weighted by Crippen LogP contribution is 1.82. The fraction of sp³-hybridized carbons (Fsp3) is 0.727. The zero-order valence-electron chi connectivity index (χ0n) is 20.4. The SMILES string of the molecule is CN(C)CCCNC(=O)NCC#COCCOCCOC#CCNC(=O)NCCCN(C)C. The standard InChI is InChI=1S/C22H40N6O5/c1-27(2)13-5-9-23-21(29)25-11-7-15-31-17-19-33-20-18-32-16-8-12-26-22(30)24-10-6-14-28(3)4/h5-6,9-14,17-20H2,1-4H3,(H2,23,25,29)(H2,24,26,30). The molecule has 0 fully saturated rings. The molecule has 0 saturated heterocycles. The van der Waals surface area contributed by atoms with E-state index in [0.29, 0.717) is 39.5 Å². The lowest BCUT2D eigenvalue weighted by atomic mass is 10.4. The predicted molar refractivity (Wildman–Crippen MR) is 127 cm³/mol. The van der Waals surface area contributed by atoms with E-state index in [1.54, 1.807) is 0 Å². The van der Waals surface area contributed by atoms with Gasteiger partial charge in [0, 0.05) is 13.1 Å². The van der Waals surface area contributed by atoms with Crippen LogP contribution in [0, 0.1) is 24.1 Å². The predicted octanol–water partition coefficient (Wildman–Crippen LogP) is -0.540. The van der Waals surface area contributed by atoms with Gasteiger partial charge in [-0.2, -0.15) is 0 Å². The van der Waals surface area contributed by atoms with Gasteiger partial charge in [-0.3, -0.25) is 0 Å². The lowest BCUT2D eigenvalue weighted by Gasteiger charge is -2.09.